The lowest BCUT2D eigenvalue weighted by atomic mass is 9.87. The van der Waals surface area contributed by atoms with E-state index in [0.29, 0.717) is 12.0 Å². The maximum absolute atomic E-state index is 12.5. The van der Waals surface area contributed by atoms with E-state index in [1.54, 1.807) is 0 Å². The number of carbonyl (C=O) groups excluding carboxylic acids is 2. The molecule has 0 bridgehead atoms. The van der Waals surface area contributed by atoms with Crippen LogP contribution >= 0.6 is 0 Å². The molecule has 2 saturated carbocycles. The fourth-order valence-electron chi connectivity index (χ4n) is 3.60. The zero-order valence-electron chi connectivity index (χ0n) is 12.8. The molecule has 0 radical (unpaired) electrons. The Morgan fingerprint density at radius 1 is 1.00 bits per heavy atom. The molecule has 0 aromatic carbocycles. The predicted octanol–water partition coefficient (Wildman–Crippen LogP) is 2.38. The molecule has 1 atom stereocenters. The van der Waals surface area contributed by atoms with E-state index in [4.69, 9.17) is 0 Å². The van der Waals surface area contributed by atoms with Gasteiger partial charge in [-0.15, -0.1) is 0 Å². The van der Waals surface area contributed by atoms with Gasteiger partial charge < -0.3 is 10.6 Å². The van der Waals surface area contributed by atoms with Crippen LogP contribution in [0.5, 0.6) is 0 Å². The van der Waals surface area contributed by atoms with Crippen molar-refractivity contribution in [2.24, 2.45) is 11.8 Å². The van der Waals surface area contributed by atoms with E-state index in [-0.39, 0.29) is 17.9 Å². The highest BCUT2D eigenvalue weighted by atomic mass is 16.2. The molecule has 20 heavy (non-hydrogen) atoms. The summed E-state index contributed by atoms with van der Waals surface area (Å²) in [4.78, 5) is 23.8. The van der Waals surface area contributed by atoms with E-state index in [9.17, 15) is 9.59 Å². The van der Waals surface area contributed by atoms with Gasteiger partial charge in [0.1, 0.15) is 6.04 Å². The summed E-state index contributed by atoms with van der Waals surface area (Å²) >= 11 is 0. The van der Waals surface area contributed by atoms with Crippen LogP contribution in [0, 0.1) is 11.8 Å². The smallest absolute Gasteiger partial charge is 0.243 e. The molecule has 4 heteroatoms. The molecule has 2 fully saturated rings. The SMILES string of the molecule is CC(=O)N[C@@H](C(=O)NC1CCC(C)CC1)C1CCCC1. The van der Waals surface area contributed by atoms with Crippen LogP contribution in [-0.4, -0.2) is 23.9 Å². The summed E-state index contributed by atoms with van der Waals surface area (Å²) in [6.07, 6.45) is 9.00. The van der Waals surface area contributed by atoms with Gasteiger partial charge in [0, 0.05) is 13.0 Å². The number of amides is 2. The quantitative estimate of drug-likeness (QED) is 0.830. The second-order valence-electron chi connectivity index (χ2n) is 6.69. The average Bonchev–Trinajstić information content (AvgIpc) is 2.92. The van der Waals surface area contributed by atoms with Crippen molar-refractivity contribution in [3.05, 3.63) is 0 Å². The van der Waals surface area contributed by atoms with E-state index in [1.807, 2.05) is 0 Å². The molecular formula is C16H28N2O2. The van der Waals surface area contributed by atoms with Gasteiger partial charge in [0.15, 0.2) is 0 Å². The standard InChI is InChI=1S/C16H28N2O2/c1-11-7-9-14(10-8-11)18-16(20)15(17-12(2)19)13-5-3-4-6-13/h11,13-15H,3-10H2,1-2H3,(H,17,19)(H,18,20)/t11?,14?,15-/m1/s1. The Hall–Kier alpha value is -1.06. The van der Waals surface area contributed by atoms with Crippen molar-refractivity contribution in [3.8, 4) is 0 Å². The molecule has 4 nitrogen and oxygen atoms in total. The van der Waals surface area contributed by atoms with Crippen LogP contribution in [0.4, 0.5) is 0 Å². The van der Waals surface area contributed by atoms with E-state index in [0.717, 1.165) is 31.6 Å². The predicted molar refractivity (Wildman–Crippen MR) is 79.1 cm³/mol. The number of hydrogen-bond acceptors (Lipinski definition) is 2. The highest BCUT2D eigenvalue weighted by Crippen LogP contribution is 2.28. The Balaban J connectivity index is 1.90. The van der Waals surface area contributed by atoms with Crippen LogP contribution in [0.15, 0.2) is 0 Å². The molecule has 2 N–H and O–H groups in total. The van der Waals surface area contributed by atoms with E-state index in [1.165, 1.54) is 32.6 Å². The normalized spacial score (nSPS) is 28.9. The number of nitrogens with one attached hydrogen (secondary N) is 2. The number of hydrogen-bond donors (Lipinski definition) is 2. The lowest BCUT2D eigenvalue weighted by Crippen LogP contribution is -2.52. The minimum Gasteiger partial charge on any atom is -0.352 e. The van der Waals surface area contributed by atoms with Crippen LogP contribution in [0.25, 0.3) is 0 Å². The lowest BCUT2D eigenvalue weighted by Gasteiger charge is -2.30. The second kappa shape index (κ2) is 7.09. The highest BCUT2D eigenvalue weighted by Gasteiger charge is 2.32. The van der Waals surface area contributed by atoms with Gasteiger partial charge in [-0.05, 0) is 50.4 Å². The summed E-state index contributed by atoms with van der Waals surface area (Å²) in [6.45, 7) is 3.77. The first-order valence-corrected chi connectivity index (χ1v) is 8.13. The molecule has 0 aromatic heterocycles. The van der Waals surface area contributed by atoms with Crippen molar-refractivity contribution in [1.29, 1.82) is 0 Å². The van der Waals surface area contributed by atoms with Gasteiger partial charge >= 0.3 is 0 Å². The zero-order chi connectivity index (χ0) is 14.5. The monoisotopic (exact) mass is 280 g/mol. The Morgan fingerprint density at radius 2 is 1.60 bits per heavy atom. The maximum atomic E-state index is 12.5. The molecule has 2 amide bonds. The van der Waals surface area contributed by atoms with E-state index < -0.39 is 0 Å². The van der Waals surface area contributed by atoms with Crippen LogP contribution in [0.3, 0.4) is 0 Å². The largest absolute Gasteiger partial charge is 0.352 e. The Labute approximate surface area is 122 Å². The Bertz CT molecular complexity index is 342. The molecule has 0 aliphatic heterocycles. The van der Waals surface area contributed by atoms with Crippen molar-refractivity contribution >= 4 is 11.8 Å². The molecule has 0 spiro atoms. The molecule has 0 unspecified atom stereocenters. The van der Waals surface area contributed by atoms with Gasteiger partial charge in [0.2, 0.25) is 11.8 Å². The third-order valence-electron chi connectivity index (χ3n) is 4.87. The van der Waals surface area contributed by atoms with Gasteiger partial charge in [-0.1, -0.05) is 19.8 Å². The Kier molecular flexibility index (Phi) is 5.44. The first-order chi connectivity index (χ1) is 9.56. The van der Waals surface area contributed by atoms with Crippen molar-refractivity contribution in [1.82, 2.24) is 10.6 Å². The molecule has 2 aliphatic rings. The number of carbonyl (C=O) groups is 2. The van der Waals surface area contributed by atoms with E-state index >= 15 is 0 Å². The first-order valence-electron chi connectivity index (χ1n) is 8.13. The average molecular weight is 280 g/mol. The third kappa shape index (κ3) is 4.22. The molecule has 2 aliphatic carbocycles. The van der Waals surface area contributed by atoms with Gasteiger partial charge in [-0.2, -0.15) is 0 Å². The van der Waals surface area contributed by atoms with Crippen LogP contribution in [0.2, 0.25) is 0 Å². The zero-order valence-corrected chi connectivity index (χ0v) is 12.8. The summed E-state index contributed by atoms with van der Waals surface area (Å²) in [5, 5.41) is 6.04. The second-order valence-corrected chi connectivity index (χ2v) is 6.69. The number of rotatable bonds is 4. The maximum Gasteiger partial charge on any atom is 0.243 e. The minimum absolute atomic E-state index is 0.0339. The molecule has 114 valence electrons. The summed E-state index contributed by atoms with van der Waals surface area (Å²) in [6, 6.07) is -0.0225. The topological polar surface area (TPSA) is 58.2 Å². The van der Waals surface area contributed by atoms with E-state index in [2.05, 4.69) is 17.6 Å². The minimum atomic E-state index is -0.325. The molecule has 2 rings (SSSR count). The van der Waals surface area contributed by atoms with Crippen LogP contribution in [0.1, 0.15) is 65.2 Å². The van der Waals surface area contributed by atoms with Gasteiger partial charge in [0.25, 0.3) is 0 Å². The van der Waals surface area contributed by atoms with Gasteiger partial charge in [-0.25, -0.2) is 0 Å². The molecule has 0 saturated heterocycles. The molecule has 0 aromatic rings. The van der Waals surface area contributed by atoms with Crippen LogP contribution in [-0.2, 0) is 9.59 Å². The summed E-state index contributed by atoms with van der Waals surface area (Å²) in [5.41, 5.74) is 0. The summed E-state index contributed by atoms with van der Waals surface area (Å²) in [5.74, 6) is 1.03. The summed E-state index contributed by atoms with van der Waals surface area (Å²) in [7, 11) is 0. The fraction of sp³-hybridized carbons (Fsp3) is 0.875. The van der Waals surface area contributed by atoms with Crippen molar-refractivity contribution < 1.29 is 9.59 Å². The van der Waals surface area contributed by atoms with Gasteiger partial charge in [0.05, 0.1) is 0 Å². The molecular weight excluding hydrogens is 252 g/mol. The fourth-order valence-corrected chi connectivity index (χ4v) is 3.60. The first kappa shape index (κ1) is 15.3. The van der Waals surface area contributed by atoms with Crippen molar-refractivity contribution in [3.63, 3.8) is 0 Å². The lowest BCUT2D eigenvalue weighted by molar-refractivity contribution is -0.130. The third-order valence-corrected chi connectivity index (χ3v) is 4.87. The van der Waals surface area contributed by atoms with Gasteiger partial charge in [-0.3, -0.25) is 9.59 Å². The van der Waals surface area contributed by atoms with Crippen molar-refractivity contribution in [2.75, 3.05) is 0 Å². The highest BCUT2D eigenvalue weighted by molar-refractivity contribution is 5.87. The summed E-state index contributed by atoms with van der Waals surface area (Å²) < 4.78 is 0. The molecule has 0 heterocycles. The Morgan fingerprint density at radius 3 is 2.15 bits per heavy atom. The van der Waals surface area contributed by atoms with Crippen molar-refractivity contribution in [2.45, 2.75) is 77.3 Å². The van der Waals surface area contributed by atoms with Crippen LogP contribution < -0.4 is 10.6 Å².